The lowest BCUT2D eigenvalue weighted by Gasteiger charge is -2.36. The van der Waals surface area contributed by atoms with Gasteiger partial charge in [0.05, 0.1) is 31.5 Å². The number of hydrogen-bond donors (Lipinski definition) is 0. The Kier molecular flexibility index (Phi) is 5.02. The lowest BCUT2D eigenvalue weighted by Crippen LogP contribution is -2.46. The number of alkyl halides is 3. The Morgan fingerprint density at radius 1 is 1.03 bits per heavy atom. The summed E-state index contributed by atoms with van der Waals surface area (Å²) in [6.07, 6.45) is 2.66. The summed E-state index contributed by atoms with van der Waals surface area (Å²) in [5, 5.41) is 5.08. The van der Waals surface area contributed by atoms with E-state index in [0.717, 1.165) is 32.1 Å². The van der Waals surface area contributed by atoms with Crippen LogP contribution in [0.25, 0.3) is 22.2 Å². The van der Waals surface area contributed by atoms with Gasteiger partial charge in [0.25, 0.3) is 0 Å². The van der Waals surface area contributed by atoms with Crippen LogP contribution in [0.15, 0.2) is 30.6 Å². The molecule has 6 heterocycles. The quantitative estimate of drug-likeness (QED) is 0.571. The van der Waals surface area contributed by atoms with Crippen LogP contribution in [0.4, 0.5) is 19.0 Å². The summed E-state index contributed by atoms with van der Waals surface area (Å²) in [6.45, 7) is 1.82. The zero-order chi connectivity index (χ0) is 22.6. The van der Waals surface area contributed by atoms with Gasteiger partial charge >= 0.3 is 6.18 Å². The zero-order valence-electron chi connectivity index (χ0n) is 18.0. The fraction of sp³-hybridized carbons (Fsp3) is 0.522. The van der Waals surface area contributed by atoms with Crippen molar-refractivity contribution in [3.8, 4) is 11.1 Å². The van der Waals surface area contributed by atoms with E-state index in [0.29, 0.717) is 42.2 Å². The Labute approximate surface area is 188 Å². The summed E-state index contributed by atoms with van der Waals surface area (Å²) in [6, 6.07) is 5.10. The fourth-order valence-corrected chi connectivity index (χ4v) is 5.34. The number of aromatic nitrogens is 4. The fourth-order valence-electron chi connectivity index (χ4n) is 5.34. The molecule has 0 N–H and O–H groups in total. The molecule has 3 unspecified atom stereocenters. The van der Waals surface area contributed by atoms with Crippen LogP contribution in [-0.4, -0.2) is 51.7 Å². The van der Waals surface area contributed by atoms with E-state index in [1.54, 1.807) is 16.9 Å². The van der Waals surface area contributed by atoms with Crippen LogP contribution in [-0.2, 0) is 15.7 Å². The summed E-state index contributed by atoms with van der Waals surface area (Å²) in [5.41, 5.74) is 0.0964. The van der Waals surface area contributed by atoms with Gasteiger partial charge in [-0.05, 0) is 44.2 Å². The van der Waals surface area contributed by atoms with Gasteiger partial charge in [-0.1, -0.05) is 6.07 Å². The summed E-state index contributed by atoms with van der Waals surface area (Å²) in [4.78, 5) is 10.8. The maximum atomic E-state index is 13.9. The molecule has 0 spiro atoms. The number of fused-ring (bicyclic) bond motifs is 3. The summed E-state index contributed by atoms with van der Waals surface area (Å²) >= 11 is 0. The lowest BCUT2D eigenvalue weighted by atomic mass is 10.0. The van der Waals surface area contributed by atoms with Gasteiger partial charge in [0, 0.05) is 29.3 Å². The molecule has 0 aromatic carbocycles. The molecule has 33 heavy (non-hydrogen) atoms. The highest BCUT2D eigenvalue weighted by Crippen LogP contribution is 2.42. The topological polar surface area (TPSA) is 65.3 Å². The van der Waals surface area contributed by atoms with Crippen LogP contribution < -0.4 is 4.90 Å². The molecule has 2 bridgehead atoms. The number of pyridine rings is 2. The average Bonchev–Trinajstić information content (AvgIpc) is 3.36. The Bertz CT molecular complexity index is 1160. The van der Waals surface area contributed by atoms with Gasteiger partial charge < -0.3 is 14.4 Å². The van der Waals surface area contributed by atoms with Crippen molar-refractivity contribution in [2.45, 2.75) is 56.6 Å². The highest BCUT2D eigenvalue weighted by Gasteiger charge is 2.40. The van der Waals surface area contributed by atoms with E-state index < -0.39 is 11.9 Å². The second-order valence-corrected chi connectivity index (χ2v) is 8.90. The molecule has 3 fully saturated rings. The monoisotopic (exact) mass is 459 g/mol. The van der Waals surface area contributed by atoms with E-state index in [4.69, 9.17) is 14.5 Å². The Morgan fingerprint density at radius 3 is 2.58 bits per heavy atom. The van der Waals surface area contributed by atoms with Crippen molar-refractivity contribution >= 4 is 16.9 Å². The van der Waals surface area contributed by atoms with Crippen molar-refractivity contribution in [1.29, 1.82) is 0 Å². The Hall–Kier alpha value is -2.72. The van der Waals surface area contributed by atoms with Crippen LogP contribution >= 0.6 is 0 Å². The van der Waals surface area contributed by atoms with E-state index >= 15 is 0 Å². The standard InChI is InChI=1S/C23H24F3N5O2/c24-23(25,26)21-16(4-3-8-27-21)17-10-19(30-14-6-7-15(30)13-32-12-14)29-22-18(17)11-28-31(22)20-5-1-2-9-33-20/h3-4,8,10-11,14-15,20H,1-2,5-7,9,12-13H2. The second-order valence-electron chi connectivity index (χ2n) is 8.90. The zero-order valence-corrected chi connectivity index (χ0v) is 18.0. The van der Waals surface area contributed by atoms with E-state index in [2.05, 4.69) is 15.0 Å². The van der Waals surface area contributed by atoms with Crippen LogP contribution in [0.5, 0.6) is 0 Å². The largest absolute Gasteiger partial charge is 0.433 e. The number of morpholine rings is 1. The van der Waals surface area contributed by atoms with E-state index in [-0.39, 0.29) is 23.9 Å². The third kappa shape index (κ3) is 3.56. The van der Waals surface area contributed by atoms with E-state index in [1.165, 1.54) is 18.3 Å². The molecular formula is C23H24F3N5O2. The maximum Gasteiger partial charge on any atom is 0.433 e. The molecule has 3 aromatic heterocycles. The third-order valence-electron chi connectivity index (χ3n) is 6.85. The molecule has 0 amide bonds. The predicted molar refractivity (Wildman–Crippen MR) is 115 cm³/mol. The van der Waals surface area contributed by atoms with Gasteiger partial charge in [-0.15, -0.1) is 0 Å². The van der Waals surface area contributed by atoms with Crippen LogP contribution in [0.1, 0.15) is 44.0 Å². The predicted octanol–water partition coefficient (Wildman–Crippen LogP) is 4.58. The van der Waals surface area contributed by atoms with Crippen molar-refractivity contribution in [3.05, 3.63) is 36.3 Å². The number of rotatable bonds is 3. The molecule has 6 rings (SSSR count). The highest BCUT2D eigenvalue weighted by atomic mass is 19.4. The maximum absolute atomic E-state index is 13.9. The van der Waals surface area contributed by atoms with Crippen molar-refractivity contribution < 1.29 is 22.6 Å². The lowest BCUT2D eigenvalue weighted by molar-refractivity contribution is -0.140. The normalized spacial score (nSPS) is 25.7. The molecular weight excluding hydrogens is 435 g/mol. The van der Waals surface area contributed by atoms with Crippen molar-refractivity contribution in [1.82, 2.24) is 19.7 Å². The van der Waals surface area contributed by atoms with Crippen LogP contribution in [0, 0.1) is 0 Å². The van der Waals surface area contributed by atoms with E-state index in [9.17, 15) is 13.2 Å². The van der Waals surface area contributed by atoms with Gasteiger partial charge in [-0.2, -0.15) is 18.3 Å². The second kappa shape index (κ2) is 7.95. The molecule has 0 saturated carbocycles. The SMILES string of the molecule is FC(F)(F)c1ncccc1-c1cc(N2C3CCC2COC3)nc2c1cnn2C1CCCCO1. The molecule has 0 radical (unpaired) electrons. The third-order valence-corrected chi connectivity index (χ3v) is 6.85. The molecule has 7 nitrogen and oxygen atoms in total. The number of anilines is 1. The first-order valence-electron chi connectivity index (χ1n) is 11.4. The summed E-state index contributed by atoms with van der Waals surface area (Å²) in [7, 11) is 0. The molecule has 174 valence electrons. The first kappa shape index (κ1) is 20.9. The first-order chi connectivity index (χ1) is 16.0. The average molecular weight is 459 g/mol. The van der Waals surface area contributed by atoms with Gasteiger partial charge in [0.1, 0.15) is 5.82 Å². The minimum Gasteiger partial charge on any atom is -0.377 e. The van der Waals surface area contributed by atoms with Gasteiger partial charge in [0.15, 0.2) is 17.6 Å². The minimum absolute atomic E-state index is 0.0309. The van der Waals surface area contributed by atoms with Crippen LogP contribution in [0.3, 0.4) is 0 Å². The first-order valence-corrected chi connectivity index (χ1v) is 11.4. The smallest absolute Gasteiger partial charge is 0.377 e. The van der Waals surface area contributed by atoms with Crippen LogP contribution in [0.2, 0.25) is 0 Å². The van der Waals surface area contributed by atoms with Crippen molar-refractivity contribution in [2.75, 3.05) is 24.7 Å². The molecule has 3 saturated heterocycles. The Morgan fingerprint density at radius 2 is 1.85 bits per heavy atom. The molecule has 10 heteroatoms. The van der Waals surface area contributed by atoms with Gasteiger partial charge in [-0.25, -0.2) is 9.67 Å². The Balaban J connectivity index is 1.57. The van der Waals surface area contributed by atoms with E-state index in [1.807, 2.05) is 0 Å². The van der Waals surface area contributed by atoms with Gasteiger partial charge in [0.2, 0.25) is 0 Å². The van der Waals surface area contributed by atoms with Gasteiger partial charge in [-0.3, -0.25) is 4.98 Å². The number of nitrogens with zero attached hydrogens (tertiary/aromatic N) is 5. The minimum atomic E-state index is -4.58. The van der Waals surface area contributed by atoms with Crippen molar-refractivity contribution in [3.63, 3.8) is 0 Å². The number of halogens is 3. The molecule has 3 aliphatic rings. The molecule has 0 aliphatic carbocycles. The molecule has 3 atom stereocenters. The van der Waals surface area contributed by atoms with Crippen molar-refractivity contribution in [2.24, 2.45) is 0 Å². The number of hydrogen-bond acceptors (Lipinski definition) is 6. The summed E-state index contributed by atoms with van der Waals surface area (Å²) in [5.74, 6) is 0.655. The highest BCUT2D eigenvalue weighted by molar-refractivity contribution is 5.95. The molecule has 3 aromatic rings. The summed E-state index contributed by atoms with van der Waals surface area (Å²) < 4.78 is 55.0. The molecule has 3 aliphatic heterocycles. The number of ether oxygens (including phenoxy) is 2.